The summed E-state index contributed by atoms with van der Waals surface area (Å²) in [5.41, 5.74) is 3.05. The number of pyridine rings is 2. The number of hydrogen-bond acceptors (Lipinski definition) is 5. The second kappa shape index (κ2) is 7.19. The molecule has 4 rings (SSSR count). The smallest absolute Gasteiger partial charge is 0.236 e. The number of likely N-dealkylation sites (tertiary alicyclic amines) is 1. The summed E-state index contributed by atoms with van der Waals surface area (Å²) in [6.07, 6.45) is 2.31. The number of aromatic nitrogens is 2. The lowest BCUT2D eigenvalue weighted by molar-refractivity contribution is -0.131. The van der Waals surface area contributed by atoms with Crippen molar-refractivity contribution in [2.75, 3.05) is 50.7 Å². The van der Waals surface area contributed by atoms with Crippen LogP contribution in [0.1, 0.15) is 24.1 Å². The van der Waals surface area contributed by atoms with Gasteiger partial charge in [0.1, 0.15) is 5.82 Å². The average Bonchev–Trinajstić information content (AvgIpc) is 3.16. The lowest BCUT2D eigenvalue weighted by Crippen LogP contribution is -2.50. The van der Waals surface area contributed by atoms with Gasteiger partial charge in [0.05, 0.1) is 6.54 Å². The van der Waals surface area contributed by atoms with Crippen LogP contribution in [0.25, 0.3) is 11.0 Å². The number of amides is 1. The highest BCUT2D eigenvalue weighted by atomic mass is 16.2. The van der Waals surface area contributed by atoms with Crippen molar-refractivity contribution in [3.63, 3.8) is 0 Å². The fraction of sp³-hybridized carbons (Fsp3) is 0.550. The minimum absolute atomic E-state index is 0.287. The molecule has 26 heavy (non-hydrogen) atoms. The normalized spacial score (nSPS) is 18.7. The lowest BCUT2D eigenvalue weighted by Gasteiger charge is -2.35. The number of nitrogens with zero attached hydrogens (tertiary/aromatic N) is 5. The number of hydrogen-bond donors (Lipinski definition) is 0. The fourth-order valence-corrected chi connectivity index (χ4v) is 3.99. The van der Waals surface area contributed by atoms with Crippen LogP contribution in [0.3, 0.4) is 0 Å². The van der Waals surface area contributed by atoms with Gasteiger partial charge in [-0.3, -0.25) is 9.69 Å². The Kier molecular flexibility index (Phi) is 4.76. The van der Waals surface area contributed by atoms with Crippen molar-refractivity contribution in [1.29, 1.82) is 0 Å². The first kappa shape index (κ1) is 17.2. The zero-order valence-corrected chi connectivity index (χ0v) is 15.7. The van der Waals surface area contributed by atoms with Crippen molar-refractivity contribution in [2.45, 2.75) is 26.7 Å². The molecule has 1 amide bonds. The summed E-state index contributed by atoms with van der Waals surface area (Å²) in [5, 5.41) is 1.12. The Bertz CT molecular complexity index is 807. The topological polar surface area (TPSA) is 52.6 Å². The minimum atomic E-state index is 0.287. The van der Waals surface area contributed by atoms with Crippen LogP contribution in [0.2, 0.25) is 0 Å². The van der Waals surface area contributed by atoms with Gasteiger partial charge in [-0.2, -0.15) is 0 Å². The summed E-state index contributed by atoms with van der Waals surface area (Å²) in [7, 11) is 0. The van der Waals surface area contributed by atoms with Crippen LogP contribution in [-0.2, 0) is 4.79 Å². The van der Waals surface area contributed by atoms with Crippen LogP contribution in [0.5, 0.6) is 0 Å². The maximum atomic E-state index is 12.3. The van der Waals surface area contributed by atoms with E-state index in [1.54, 1.807) is 0 Å². The van der Waals surface area contributed by atoms with E-state index in [4.69, 9.17) is 4.98 Å². The summed E-state index contributed by atoms with van der Waals surface area (Å²) in [5.74, 6) is 1.27. The molecule has 6 heteroatoms. The number of aryl methyl sites for hydroxylation is 2. The molecule has 2 aromatic heterocycles. The standard InChI is InChI=1S/C20H27N5O/c1-15-13-16(2)21-20-17(15)5-6-18(22-20)24-11-9-23(10-12-24)14-19(26)25-7-3-4-8-25/h5-6,13H,3-4,7-12,14H2,1-2H3. The molecule has 0 unspecified atom stereocenters. The summed E-state index contributed by atoms with van der Waals surface area (Å²) >= 11 is 0. The number of carbonyl (C=O) groups is 1. The van der Waals surface area contributed by atoms with E-state index in [0.717, 1.165) is 74.7 Å². The summed E-state index contributed by atoms with van der Waals surface area (Å²) in [6.45, 7) is 10.1. The Labute approximate surface area is 154 Å². The lowest BCUT2D eigenvalue weighted by atomic mass is 10.1. The highest BCUT2D eigenvalue weighted by Crippen LogP contribution is 2.21. The fourth-order valence-electron chi connectivity index (χ4n) is 3.99. The molecular formula is C20H27N5O. The van der Waals surface area contributed by atoms with Crippen LogP contribution < -0.4 is 4.90 Å². The van der Waals surface area contributed by atoms with Crippen LogP contribution in [0, 0.1) is 13.8 Å². The van der Waals surface area contributed by atoms with Gasteiger partial charge in [-0.15, -0.1) is 0 Å². The Morgan fingerprint density at radius 2 is 1.73 bits per heavy atom. The Morgan fingerprint density at radius 1 is 1.00 bits per heavy atom. The Hall–Kier alpha value is -2.21. The number of anilines is 1. The van der Waals surface area contributed by atoms with E-state index in [0.29, 0.717) is 6.54 Å². The zero-order chi connectivity index (χ0) is 18.1. The maximum absolute atomic E-state index is 12.3. The molecule has 0 saturated carbocycles. The molecule has 138 valence electrons. The molecular weight excluding hydrogens is 326 g/mol. The monoisotopic (exact) mass is 353 g/mol. The van der Waals surface area contributed by atoms with Gasteiger partial charge in [0.2, 0.25) is 5.91 Å². The number of piperazine rings is 1. The first-order chi connectivity index (χ1) is 12.6. The second-order valence-electron chi connectivity index (χ2n) is 7.47. The van der Waals surface area contributed by atoms with Gasteiger partial charge in [-0.25, -0.2) is 9.97 Å². The van der Waals surface area contributed by atoms with E-state index < -0.39 is 0 Å². The average molecular weight is 353 g/mol. The van der Waals surface area contributed by atoms with E-state index >= 15 is 0 Å². The number of rotatable bonds is 3. The Balaban J connectivity index is 1.40. The number of fused-ring (bicyclic) bond motifs is 1. The molecule has 0 aromatic carbocycles. The van der Waals surface area contributed by atoms with Crippen LogP contribution in [-0.4, -0.2) is 71.5 Å². The SMILES string of the molecule is Cc1cc(C)c2ccc(N3CCN(CC(=O)N4CCCC4)CC3)nc2n1. The third-order valence-electron chi connectivity index (χ3n) is 5.51. The summed E-state index contributed by atoms with van der Waals surface area (Å²) in [4.78, 5) is 28.3. The molecule has 0 radical (unpaired) electrons. The summed E-state index contributed by atoms with van der Waals surface area (Å²) < 4.78 is 0. The van der Waals surface area contributed by atoms with Crippen LogP contribution >= 0.6 is 0 Å². The van der Waals surface area contributed by atoms with Gasteiger partial charge in [-0.1, -0.05) is 0 Å². The predicted molar refractivity (Wildman–Crippen MR) is 103 cm³/mol. The molecule has 0 atom stereocenters. The minimum Gasteiger partial charge on any atom is -0.354 e. The third kappa shape index (κ3) is 3.51. The van der Waals surface area contributed by atoms with Gasteiger partial charge < -0.3 is 9.80 Å². The van der Waals surface area contributed by atoms with E-state index in [-0.39, 0.29) is 5.91 Å². The first-order valence-corrected chi connectivity index (χ1v) is 9.60. The van der Waals surface area contributed by atoms with Gasteiger partial charge in [0.25, 0.3) is 0 Å². The molecule has 2 aromatic rings. The largest absolute Gasteiger partial charge is 0.354 e. The molecule has 2 fully saturated rings. The highest BCUT2D eigenvalue weighted by Gasteiger charge is 2.24. The van der Waals surface area contributed by atoms with Crippen molar-refractivity contribution in [1.82, 2.24) is 19.8 Å². The molecule has 0 N–H and O–H groups in total. The van der Waals surface area contributed by atoms with Crippen molar-refractivity contribution < 1.29 is 4.79 Å². The molecule has 2 saturated heterocycles. The Morgan fingerprint density at radius 3 is 2.46 bits per heavy atom. The van der Waals surface area contributed by atoms with Crippen molar-refractivity contribution in [3.8, 4) is 0 Å². The zero-order valence-electron chi connectivity index (χ0n) is 15.7. The van der Waals surface area contributed by atoms with Crippen LogP contribution in [0.15, 0.2) is 18.2 Å². The van der Waals surface area contributed by atoms with E-state index in [1.165, 1.54) is 5.56 Å². The molecule has 2 aliphatic heterocycles. The van der Waals surface area contributed by atoms with Crippen molar-refractivity contribution >= 4 is 22.8 Å². The first-order valence-electron chi connectivity index (χ1n) is 9.60. The maximum Gasteiger partial charge on any atom is 0.236 e. The van der Waals surface area contributed by atoms with E-state index in [1.807, 2.05) is 11.8 Å². The van der Waals surface area contributed by atoms with Crippen LogP contribution in [0.4, 0.5) is 5.82 Å². The van der Waals surface area contributed by atoms with Gasteiger partial charge in [-0.05, 0) is 50.5 Å². The van der Waals surface area contributed by atoms with Gasteiger partial charge in [0, 0.05) is 50.3 Å². The molecule has 2 aliphatic rings. The van der Waals surface area contributed by atoms with Crippen molar-refractivity contribution in [3.05, 3.63) is 29.5 Å². The van der Waals surface area contributed by atoms with Gasteiger partial charge in [0.15, 0.2) is 5.65 Å². The molecule has 0 spiro atoms. The number of carbonyl (C=O) groups excluding carboxylic acids is 1. The predicted octanol–water partition coefficient (Wildman–Crippen LogP) is 1.99. The van der Waals surface area contributed by atoms with Crippen molar-refractivity contribution in [2.24, 2.45) is 0 Å². The molecule has 0 bridgehead atoms. The summed E-state index contributed by atoms with van der Waals surface area (Å²) in [6, 6.07) is 6.32. The second-order valence-corrected chi connectivity index (χ2v) is 7.47. The molecule has 0 aliphatic carbocycles. The van der Waals surface area contributed by atoms with Gasteiger partial charge >= 0.3 is 0 Å². The molecule has 6 nitrogen and oxygen atoms in total. The van der Waals surface area contributed by atoms with E-state index in [2.05, 4.69) is 39.9 Å². The quantitative estimate of drug-likeness (QED) is 0.845. The highest BCUT2D eigenvalue weighted by molar-refractivity contribution is 5.80. The van der Waals surface area contributed by atoms with E-state index in [9.17, 15) is 4.79 Å². The third-order valence-corrected chi connectivity index (χ3v) is 5.51. The molecule has 4 heterocycles.